The fraction of sp³-hybridized carbons (Fsp3) is 0.800. The molecule has 0 aromatic rings. The van der Waals surface area contributed by atoms with Crippen LogP contribution in [0.2, 0.25) is 0 Å². The van der Waals surface area contributed by atoms with Crippen LogP contribution in [0.25, 0.3) is 0 Å². The zero-order chi connectivity index (χ0) is 9.28. The summed E-state index contributed by atoms with van der Waals surface area (Å²) >= 11 is 5.11. The van der Waals surface area contributed by atoms with E-state index in [9.17, 15) is 13.2 Å². The molecule has 0 amide bonds. The second-order valence-corrected chi connectivity index (χ2v) is 5.96. The predicted octanol–water partition coefficient (Wildman–Crippen LogP) is 1.35. The van der Waals surface area contributed by atoms with Crippen molar-refractivity contribution in [1.82, 2.24) is 0 Å². The minimum atomic E-state index is -3.66. The number of carbonyl (C=O) groups excluding carboxylic acids is 1. The smallest absolute Gasteiger partial charge is 0.233 e. The SMILES string of the molecule is CC(C)(CS(=O)(=O)Cl)C(=O)Cl. The van der Waals surface area contributed by atoms with E-state index in [0.29, 0.717) is 0 Å². The molecule has 0 radical (unpaired) electrons. The van der Waals surface area contributed by atoms with E-state index < -0.39 is 25.5 Å². The Morgan fingerprint density at radius 2 is 1.82 bits per heavy atom. The Hall–Kier alpha value is 0.200. The summed E-state index contributed by atoms with van der Waals surface area (Å²) in [5.41, 5.74) is -1.11. The van der Waals surface area contributed by atoms with Gasteiger partial charge in [0.05, 0.1) is 11.2 Å². The lowest BCUT2D eigenvalue weighted by Crippen LogP contribution is -2.27. The van der Waals surface area contributed by atoms with Gasteiger partial charge in [0.15, 0.2) is 0 Å². The molecule has 0 unspecified atom stereocenters. The molecule has 6 heteroatoms. The number of hydrogen-bond acceptors (Lipinski definition) is 3. The van der Waals surface area contributed by atoms with Crippen molar-refractivity contribution in [1.29, 1.82) is 0 Å². The van der Waals surface area contributed by atoms with E-state index in [1.165, 1.54) is 13.8 Å². The molecular weight excluding hydrogens is 211 g/mol. The van der Waals surface area contributed by atoms with E-state index in [0.717, 1.165) is 0 Å². The second kappa shape index (κ2) is 3.29. The summed E-state index contributed by atoms with van der Waals surface area (Å²) < 4.78 is 21.0. The van der Waals surface area contributed by atoms with Crippen LogP contribution in [-0.2, 0) is 13.8 Å². The van der Waals surface area contributed by atoms with E-state index >= 15 is 0 Å². The third-order valence-corrected chi connectivity index (χ3v) is 2.97. The molecule has 0 aliphatic carbocycles. The third-order valence-electron chi connectivity index (χ3n) is 1.07. The molecule has 0 aromatic carbocycles. The molecule has 0 aliphatic heterocycles. The Kier molecular flexibility index (Phi) is 3.35. The molecule has 0 saturated carbocycles. The van der Waals surface area contributed by atoms with Gasteiger partial charge in [0, 0.05) is 10.7 Å². The molecule has 0 saturated heterocycles. The van der Waals surface area contributed by atoms with Gasteiger partial charge in [0.2, 0.25) is 14.3 Å². The van der Waals surface area contributed by atoms with Crippen molar-refractivity contribution in [2.24, 2.45) is 5.41 Å². The Labute approximate surface area is 75.1 Å². The van der Waals surface area contributed by atoms with Crippen LogP contribution in [0.15, 0.2) is 0 Å². The van der Waals surface area contributed by atoms with Crippen LogP contribution in [-0.4, -0.2) is 19.4 Å². The second-order valence-electron chi connectivity index (χ2n) is 2.84. The minimum absolute atomic E-state index is 0.441. The van der Waals surface area contributed by atoms with Crippen LogP contribution >= 0.6 is 22.3 Å². The molecule has 3 nitrogen and oxygen atoms in total. The summed E-state index contributed by atoms with van der Waals surface area (Å²) in [7, 11) is 1.26. The van der Waals surface area contributed by atoms with Crippen molar-refractivity contribution in [2.75, 3.05) is 5.75 Å². The molecular formula is C5H8Cl2O3S. The Bertz CT molecular complexity index is 255. The maximum atomic E-state index is 10.6. The average molecular weight is 219 g/mol. The molecule has 11 heavy (non-hydrogen) atoms. The third kappa shape index (κ3) is 4.61. The van der Waals surface area contributed by atoms with Gasteiger partial charge in [-0.3, -0.25) is 4.79 Å². The highest BCUT2D eigenvalue weighted by molar-refractivity contribution is 8.13. The highest BCUT2D eigenvalue weighted by Crippen LogP contribution is 2.22. The maximum Gasteiger partial charge on any atom is 0.233 e. The molecule has 0 spiro atoms. The minimum Gasteiger partial charge on any atom is -0.281 e. The van der Waals surface area contributed by atoms with E-state index in [1.54, 1.807) is 0 Å². The lowest BCUT2D eigenvalue weighted by atomic mass is 9.99. The first-order chi connectivity index (χ1) is 4.65. The Morgan fingerprint density at radius 1 is 1.45 bits per heavy atom. The number of halogens is 2. The van der Waals surface area contributed by atoms with E-state index in [1.807, 2.05) is 0 Å². The monoisotopic (exact) mass is 218 g/mol. The number of rotatable bonds is 3. The highest BCUT2D eigenvalue weighted by atomic mass is 35.7. The van der Waals surface area contributed by atoms with Crippen LogP contribution in [0.3, 0.4) is 0 Å². The fourth-order valence-corrected chi connectivity index (χ4v) is 2.45. The molecule has 0 bridgehead atoms. The topological polar surface area (TPSA) is 51.2 Å². The summed E-state index contributed by atoms with van der Waals surface area (Å²) in [5.74, 6) is -0.441. The predicted molar refractivity (Wildman–Crippen MR) is 44.3 cm³/mol. The van der Waals surface area contributed by atoms with Gasteiger partial charge in [-0.1, -0.05) is 13.8 Å². The lowest BCUT2D eigenvalue weighted by molar-refractivity contribution is -0.118. The van der Waals surface area contributed by atoms with Gasteiger partial charge >= 0.3 is 0 Å². The summed E-state index contributed by atoms with van der Waals surface area (Å²) in [6, 6.07) is 0. The molecule has 66 valence electrons. The van der Waals surface area contributed by atoms with Gasteiger partial charge in [-0.25, -0.2) is 8.42 Å². The van der Waals surface area contributed by atoms with Crippen LogP contribution < -0.4 is 0 Å². The van der Waals surface area contributed by atoms with Crippen molar-refractivity contribution < 1.29 is 13.2 Å². The van der Waals surface area contributed by atoms with Crippen molar-refractivity contribution in [3.8, 4) is 0 Å². The summed E-state index contributed by atoms with van der Waals surface area (Å²) in [6.07, 6.45) is 0. The standard InChI is InChI=1S/C5H8Cl2O3S/c1-5(2,4(6)8)3-11(7,9)10/h3H2,1-2H3. The quantitative estimate of drug-likeness (QED) is 0.673. The molecule has 0 N–H and O–H groups in total. The van der Waals surface area contributed by atoms with Gasteiger partial charge in [0.25, 0.3) is 0 Å². The summed E-state index contributed by atoms with van der Waals surface area (Å²) in [5, 5.41) is -0.707. The van der Waals surface area contributed by atoms with Crippen LogP contribution in [0.1, 0.15) is 13.8 Å². The average Bonchev–Trinajstić information content (AvgIpc) is 1.56. The van der Waals surface area contributed by atoms with Crippen molar-refractivity contribution in [3.05, 3.63) is 0 Å². The van der Waals surface area contributed by atoms with Crippen LogP contribution in [0.5, 0.6) is 0 Å². The fourth-order valence-electron chi connectivity index (χ4n) is 0.488. The molecule has 0 atom stereocenters. The van der Waals surface area contributed by atoms with Crippen molar-refractivity contribution in [2.45, 2.75) is 13.8 Å². The normalized spacial score (nSPS) is 13.1. The molecule has 0 fully saturated rings. The lowest BCUT2D eigenvalue weighted by Gasteiger charge is -2.16. The number of carbonyl (C=O) groups is 1. The zero-order valence-electron chi connectivity index (χ0n) is 6.10. The van der Waals surface area contributed by atoms with Gasteiger partial charge < -0.3 is 0 Å². The van der Waals surface area contributed by atoms with Gasteiger partial charge in [-0.2, -0.15) is 0 Å². The Morgan fingerprint density at radius 3 is 1.91 bits per heavy atom. The molecule has 0 aliphatic rings. The largest absolute Gasteiger partial charge is 0.281 e. The summed E-state index contributed by atoms with van der Waals surface area (Å²) in [6.45, 7) is 2.84. The molecule has 0 rings (SSSR count). The van der Waals surface area contributed by atoms with E-state index in [2.05, 4.69) is 0 Å². The van der Waals surface area contributed by atoms with Crippen LogP contribution in [0, 0.1) is 5.41 Å². The molecule has 0 aromatic heterocycles. The van der Waals surface area contributed by atoms with Crippen LogP contribution in [0.4, 0.5) is 0 Å². The van der Waals surface area contributed by atoms with Crippen molar-refractivity contribution in [3.63, 3.8) is 0 Å². The summed E-state index contributed by atoms with van der Waals surface area (Å²) in [4.78, 5) is 10.6. The Balaban J connectivity index is 4.51. The number of hydrogen-bond donors (Lipinski definition) is 0. The van der Waals surface area contributed by atoms with Gasteiger partial charge in [0.1, 0.15) is 0 Å². The van der Waals surface area contributed by atoms with E-state index in [4.69, 9.17) is 22.3 Å². The first kappa shape index (κ1) is 11.2. The first-order valence-electron chi connectivity index (χ1n) is 2.77. The molecule has 0 heterocycles. The zero-order valence-corrected chi connectivity index (χ0v) is 8.42. The van der Waals surface area contributed by atoms with Gasteiger partial charge in [-0.15, -0.1) is 0 Å². The highest BCUT2D eigenvalue weighted by Gasteiger charge is 2.31. The van der Waals surface area contributed by atoms with E-state index in [-0.39, 0.29) is 0 Å². The van der Waals surface area contributed by atoms with Crippen molar-refractivity contribution >= 4 is 36.6 Å². The van der Waals surface area contributed by atoms with Gasteiger partial charge in [-0.05, 0) is 11.6 Å². The maximum absolute atomic E-state index is 10.6. The first-order valence-corrected chi connectivity index (χ1v) is 5.63.